The molecule has 6 nitrogen and oxygen atoms in total. The van der Waals surface area contributed by atoms with E-state index in [9.17, 15) is 9.90 Å². The van der Waals surface area contributed by atoms with Crippen LogP contribution in [-0.4, -0.2) is 16.0 Å². The predicted octanol–water partition coefficient (Wildman–Crippen LogP) is 2.90. The molecule has 1 amide bonds. The van der Waals surface area contributed by atoms with Crippen molar-refractivity contribution in [2.24, 2.45) is 0 Å². The summed E-state index contributed by atoms with van der Waals surface area (Å²) in [6, 6.07) is 11.1. The zero-order valence-electron chi connectivity index (χ0n) is 11.2. The van der Waals surface area contributed by atoms with E-state index in [-0.39, 0.29) is 11.3 Å². The van der Waals surface area contributed by atoms with Crippen molar-refractivity contribution < 1.29 is 9.90 Å². The summed E-state index contributed by atoms with van der Waals surface area (Å²) in [6.07, 6.45) is 2.69. The molecular weight excluding hydrogens is 304 g/mol. The van der Waals surface area contributed by atoms with E-state index in [1.807, 2.05) is 0 Å². The second kappa shape index (κ2) is 7.11. The Balaban J connectivity index is 2.07. The number of nitriles is 1. The molecule has 1 heterocycles. The van der Waals surface area contributed by atoms with Gasteiger partial charge in [0.2, 0.25) is 0 Å². The fourth-order valence-corrected chi connectivity index (χ4v) is 1.65. The van der Waals surface area contributed by atoms with Gasteiger partial charge in [-0.05, 0) is 24.3 Å². The number of hydrogen-bond acceptors (Lipinski definition) is 5. The number of aromatic hydroxyl groups is 1. The average molecular weight is 315 g/mol. The van der Waals surface area contributed by atoms with Gasteiger partial charge in [-0.25, -0.2) is 4.98 Å². The van der Waals surface area contributed by atoms with Crippen LogP contribution >= 0.6 is 11.6 Å². The third-order valence-electron chi connectivity index (χ3n) is 2.56. The van der Waals surface area contributed by atoms with Gasteiger partial charge >= 0.3 is 0 Å². The SMILES string of the molecule is N#C/C(=C/Nc1ccc(Cl)cn1)C(=O)Nc1cccc(O)c1. The topological polar surface area (TPSA) is 98.0 Å². The fraction of sp³-hybridized carbons (Fsp3) is 0. The van der Waals surface area contributed by atoms with Gasteiger partial charge in [-0.1, -0.05) is 17.7 Å². The molecule has 1 aromatic carbocycles. The van der Waals surface area contributed by atoms with Crippen LogP contribution in [0.2, 0.25) is 5.02 Å². The molecule has 0 atom stereocenters. The van der Waals surface area contributed by atoms with E-state index >= 15 is 0 Å². The third kappa shape index (κ3) is 4.23. The minimum Gasteiger partial charge on any atom is -0.508 e. The summed E-state index contributed by atoms with van der Waals surface area (Å²) in [5, 5.41) is 24.1. The maximum atomic E-state index is 12.0. The Hall–Kier alpha value is -3.04. The summed E-state index contributed by atoms with van der Waals surface area (Å²) in [7, 11) is 0. The van der Waals surface area contributed by atoms with Gasteiger partial charge in [-0.2, -0.15) is 5.26 Å². The van der Waals surface area contributed by atoms with Crippen LogP contribution in [0.4, 0.5) is 11.5 Å². The average Bonchev–Trinajstić information content (AvgIpc) is 2.49. The molecule has 0 aliphatic carbocycles. The number of phenols is 1. The van der Waals surface area contributed by atoms with Crippen LogP contribution in [0, 0.1) is 11.3 Å². The molecule has 0 fully saturated rings. The zero-order valence-corrected chi connectivity index (χ0v) is 12.0. The Bertz CT molecular complexity index is 751. The number of hydrogen-bond donors (Lipinski definition) is 3. The lowest BCUT2D eigenvalue weighted by atomic mass is 10.2. The summed E-state index contributed by atoms with van der Waals surface area (Å²) in [5.41, 5.74) is 0.246. The Morgan fingerprint density at radius 1 is 1.36 bits per heavy atom. The van der Waals surface area contributed by atoms with Gasteiger partial charge in [0, 0.05) is 24.2 Å². The molecule has 110 valence electrons. The van der Waals surface area contributed by atoms with Crippen molar-refractivity contribution in [2.45, 2.75) is 0 Å². The summed E-state index contributed by atoms with van der Waals surface area (Å²) in [4.78, 5) is 15.9. The molecule has 2 rings (SSSR count). The first-order chi connectivity index (χ1) is 10.6. The van der Waals surface area contributed by atoms with Gasteiger partial charge < -0.3 is 15.7 Å². The van der Waals surface area contributed by atoms with Gasteiger partial charge in [0.1, 0.15) is 23.2 Å². The molecule has 0 saturated heterocycles. The van der Waals surface area contributed by atoms with E-state index in [2.05, 4.69) is 15.6 Å². The van der Waals surface area contributed by atoms with Crippen molar-refractivity contribution >= 4 is 29.0 Å². The van der Waals surface area contributed by atoms with Gasteiger partial charge in [0.25, 0.3) is 5.91 Å². The van der Waals surface area contributed by atoms with Gasteiger partial charge in [0.05, 0.1) is 5.02 Å². The zero-order chi connectivity index (χ0) is 15.9. The van der Waals surface area contributed by atoms with Gasteiger partial charge in [-0.3, -0.25) is 4.79 Å². The number of amides is 1. The number of pyridine rings is 1. The van der Waals surface area contributed by atoms with Crippen molar-refractivity contribution in [3.63, 3.8) is 0 Å². The molecule has 3 N–H and O–H groups in total. The minimum absolute atomic E-state index is 0.0174. The molecule has 1 aromatic heterocycles. The van der Waals surface area contributed by atoms with E-state index in [4.69, 9.17) is 16.9 Å². The van der Waals surface area contributed by atoms with Crippen molar-refractivity contribution in [3.05, 3.63) is 59.4 Å². The predicted molar refractivity (Wildman–Crippen MR) is 83.3 cm³/mol. The minimum atomic E-state index is -0.602. The molecular formula is C15H11ClN4O2. The molecule has 0 aliphatic rings. The second-order valence-corrected chi connectivity index (χ2v) is 4.62. The molecule has 0 spiro atoms. The van der Waals surface area contributed by atoms with Crippen LogP contribution in [0.1, 0.15) is 0 Å². The number of anilines is 2. The lowest BCUT2D eigenvalue weighted by molar-refractivity contribution is -0.112. The Morgan fingerprint density at radius 2 is 2.18 bits per heavy atom. The standard InChI is InChI=1S/C15H11ClN4O2/c16-11-4-5-14(19-9-11)18-8-10(7-17)15(22)20-12-2-1-3-13(21)6-12/h1-6,8-9,21H,(H,18,19)(H,20,22)/b10-8-. The number of carbonyl (C=O) groups excluding carboxylic acids is 1. The number of aromatic nitrogens is 1. The molecule has 7 heteroatoms. The fourth-order valence-electron chi connectivity index (χ4n) is 1.54. The maximum Gasteiger partial charge on any atom is 0.267 e. The molecule has 0 radical (unpaired) electrons. The van der Waals surface area contributed by atoms with Crippen LogP contribution < -0.4 is 10.6 Å². The first-order valence-electron chi connectivity index (χ1n) is 6.17. The van der Waals surface area contributed by atoms with E-state index in [1.54, 1.807) is 30.3 Å². The maximum absolute atomic E-state index is 12.0. The number of carbonyl (C=O) groups is 1. The lowest BCUT2D eigenvalue weighted by Gasteiger charge is -2.05. The number of phenolic OH excluding ortho intramolecular Hbond substituents is 1. The number of nitrogens with one attached hydrogen (secondary N) is 2. The van der Waals surface area contributed by atoms with E-state index in [0.29, 0.717) is 16.5 Å². The van der Waals surface area contributed by atoms with Crippen LogP contribution in [-0.2, 0) is 4.79 Å². The van der Waals surface area contributed by atoms with E-state index < -0.39 is 5.91 Å². The molecule has 0 saturated carbocycles. The second-order valence-electron chi connectivity index (χ2n) is 4.18. The smallest absolute Gasteiger partial charge is 0.267 e. The summed E-state index contributed by atoms with van der Waals surface area (Å²) in [6.45, 7) is 0. The Morgan fingerprint density at radius 3 is 2.82 bits per heavy atom. The van der Waals surface area contributed by atoms with Crippen molar-refractivity contribution in [1.82, 2.24) is 4.98 Å². The summed E-state index contributed by atoms with van der Waals surface area (Å²) >= 11 is 5.71. The monoisotopic (exact) mass is 314 g/mol. The highest BCUT2D eigenvalue weighted by molar-refractivity contribution is 6.30. The van der Waals surface area contributed by atoms with Gasteiger partial charge in [-0.15, -0.1) is 0 Å². The van der Waals surface area contributed by atoms with Gasteiger partial charge in [0.15, 0.2) is 0 Å². The normalized spacial score (nSPS) is 10.6. The van der Waals surface area contributed by atoms with Crippen molar-refractivity contribution in [1.29, 1.82) is 5.26 Å². The summed E-state index contributed by atoms with van der Waals surface area (Å²) in [5.74, 6) is -0.138. The number of benzene rings is 1. The van der Waals surface area contributed by atoms with Crippen molar-refractivity contribution in [2.75, 3.05) is 10.6 Å². The quantitative estimate of drug-likeness (QED) is 0.595. The Kier molecular flexibility index (Phi) is 4.96. The van der Waals surface area contributed by atoms with Crippen LogP contribution in [0.3, 0.4) is 0 Å². The van der Waals surface area contributed by atoms with E-state index in [0.717, 1.165) is 0 Å². The highest BCUT2D eigenvalue weighted by Gasteiger charge is 2.09. The molecule has 0 bridgehead atoms. The van der Waals surface area contributed by atoms with Crippen LogP contribution in [0.15, 0.2) is 54.4 Å². The molecule has 22 heavy (non-hydrogen) atoms. The lowest BCUT2D eigenvalue weighted by Crippen LogP contribution is -2.14. The highest BCUT2D eigenvalue weighted by Crippen LogP contribution is 2.16. The number of halogens is 1. The molecule has 2 aromatic rings. The molecule has 0 unspecified atom stereocenters. The number of rotatable bonds is 4. The Labute approximate surface area is 131 Å². The highest BCUT2D eigenvalue weighted by atomic mass is 35.5. The third-order valence-corrected chi connectivity index (χ3v) is 2.78. The first kappa shape index (κ1) is 15.4. The van der Waals surface area contributed by atoms with E-state index in [1.165, 1.54) is 24.5 Å². The van der Waals surface area contributed by atoms with Crippen molar-refractivity contribution in [3.8, 4) is 11.8 Å². The number of nitrogens with zero attached hydrogens (tertiary/aromatic N) is 2. The summed E-state index contributed by atoms with van der Waals surface area (Å²) < 4.78 is 0. The van der Waals surface area contributed by atoms with Crippen LogP contribution in [0.25, 0.3) is 0 Å². The first-order valence-corrected chi connectivity index (χ1v) is 6.55. The molecule has 0 aliphatic heterocycles. The van der Waals surface area contributed by atoms with Crippen LogP contribution in [0.5, 0.6) is 5.75 Å². The largest absolute Gasteiger partial charge is 0.508 e.